The molecule has 0 aliphatic carbocycles. The van der Waals surface area contributed by atoms with Crippen LogP contribution in [0.25, 0.3) is 0 Å². The summed E-state index contributed by atoms with van der Waals surface area (Å²) in [5.74, 6) is -0.438. The number of hydrogen-bond acceptors (Lipinski definition) is 3. The molecule has 28 heavy (non-hydrogen) atoms. The maximum absolute atomic E-state index is 13.6. The maximum Gasteiger partial charge on any atom is 0.278 e. The highest BCUT2D eigenvalue weighted by Crippen LogP contribution is 2.43. The Bertz CT molecular complexity index is 1110. The van der Waals surface area contributed by atoms with Gasteiger partial charge in [-0.15, -0.1) is 0 Å². The summed E-state index contributed by atoms with van der Waals surface area (Å²) in [4.78, 5) is 28.1. The molecule has 1 unspecified atom stereocenters. The lowest BCUT2D eigenvalue weighted by molar-refractivity contribution is -0.123. The third kappa shape index (κ3) is 2.33. The normalized spacial score (nSPS) is 19.8. The predicted octanol–water partition coefficient (Wildman–Crippen LogP) is 3.55. The first kappa shape index (κ1) is 16.6. The quantitative estimate of drug-likeness (QED) is 0.726. The molecule has 0 bridgehead atoms. The average Bonchev–Trinajstić information content (AvgIpc) is 2.92. The van der Waals surface area contributed by atoms with Crippen LogP contribution >= 0.6 is 0 Å². The topological polar surface area (TPSA) is 61.4 Å². The molecular weight excluding hydrogens is 350 g/mol. The molecule has 0 fully saturated rings. The van der Waals surface area contributed by atoms with Crippen molar-refractivity contribution in [1.82, 2.24) is 5.32 Å². The number of anilines is 2. The Hall–Kier alpha value is -3.60. The van der Waals surface area contributed by atoms with Crippen LogP contribution < -0.4 is 15.5 Å². The number of rotatable bonds is 2. The molecule has 1 spiro atoms. The minimum absolute atomic E-state index is 0.183. The summed E-state index contributed by atoms with van der Waals surface area (Å²) < 4.78 is 0. The van der Waals surface area contributed by atoms with Crippen LogP contribution in [0, 0.1) is 6.92 Å². The number of carbonyl (C=O) groups excluding carboxylic acids is 2. The van der Waals surface area contributed by atoms with Gasteiger partial charge in [0.25, 0.3) is 11.8 Å². The number of para-hydroxylation sites is 2. The van der Waals surface area contributed by atoms with E-state index in [0.717, 1.165) is 16.8 Å². The first-order chi connectivity index (χ1) is 13.6. The molecule has 1 atom stereocenters. The van der Waals surface area contributed by atoms with E-state index in [1.165, 1.54) is 5.56 Å². The van der Waals surface area contributed by atoms with Gasteiger partial charge in [-0.3, -0.25) is 9.59 Å². The van der Waals surface area contributed by atoms with Crippen LogP contribution in [-0.4, -0.2) is 11.8 Å². The number of nitrogens with zero attached hydrogens (tertiary/aromatic N) is 1. The summed E-state index contributed by atoms with van der Waals surface area (Å²) in [6.07, 6.45) is 0. The van der Waals surface area contributed by atoms with Crippen LogP contribution in [0.1, 0.15) is 27.0 Å². The summed E-state index contributed by atoms with van der Waals surface area (Å²) in [5.41, 5.74) is 3.68. The van der Waals surface area contributed by atoms with Crippen molar-refractivity contribution in [3.63, 3.8) is 0 Å². The number of aryl methyl sites for hydroxylation is 1. The molecule has 5 nitrogen and oxygen atoms in total. The average molecular weight is 369 g/mol. The maximum atomic E-state index is 13.6. The molecule has 0 radical (unpaired) electrons. The number of nitrogens with one attached hydrogen (secondary N) is 2. The molecule has 2 heterocycles. The van der Waals surface area contributed by atoms with E-state index in [0.29, 0.717) is 17.8 Å². The van der Waals surface area contributed by atoms with Crippen LogP contribution in [0.4, 0.5) is 11.4 Å². The van der Waals surface area contributed by atoms with Gasteiger partial charge in [0.2, 0.25) is 5.66 Å². The van der Waals surface area contributed by atoms with Crippen LogP contribution in [0.3, 0.4) is 0 Å². The number of fused-ring (bicyclic) bond motifs is 3. The Balaban J connectivity index is 1.60. The van der Waals surface area contributed by atoms with Gasteiger partial charge >= 0.3 is 0 Å². The lowest BCUT2D eigenvalue weighted by Crippen LogP contribution is -2.60. The van der Waals surface area contributed by atoms with Gasteiger partial charge in [0, 0.05) is 11.3 Å². The molecule has 138 valence electrons. The molecule has 0 saturated carbocycles. The van der Waals surface area contributed by atoms with Gasteiger partial charge in [-0.1, -0.05) is 60.2 Å². The third-order valence-corrected chi connectivity index (χ3v) is 5.42. The van der Waals surface area contributed by atoms with Gasteiger partial charge < -0.3 is 15.5 Å². The highest BCUT2D eigenvalue weighted by Gasteiger charge is 2.54. The van der Waals surface area contributed by atoms with Crippen molar-refractivity contribution in [1.29, 1.82) is 0 Å². The summed E-state index contributed by atoms with van der Waals surface area (Å²) in [6, 6.07) is 23.0. The zero-order valence-corrected chi connectivity index (χ0v) is 15.4. The molecule has 3 aromatic rings. The molecule has 2 N–H and O–H groups in total. The largest absolute Gasteiger partial charge is 0.350 e. The summed E-state index contributed by atoms with van der Waals surface area (Å²) in [5, 5.41) is 6.25. The van der Waals surface area contributed by atoms with E-state index in [9.17, 15) is 9.59 Å². The van der Waals surface area contributed by atoms with Gasteiger partial charge in [0.15, 0.2) is 0 Å². The Morgan fingerprint density at radius 1 is 0.857 bits per heavy atom. The zero-order chi connectivity index (χ0) is 19.3. The molecule has 5 rings (SSSR count). The summed E-state index contributed by atoms with van der Waals surface area (Å²) in [6.45, 7) is 2.48. The Labute approximate surface area is 163 Å². The fourth-order valence-corrected chi connectivity index (χ4v) is 3.99. The minimum atomic E-state index is -1.28. The van der Waals surface area contributed by atoms with E-state index < -0.39 is 5.66 Å². The van der Waals surface area contributed by atoms with Crippen molar-refractivity contribution in [3.8, 4) is 0 Å². The van der Waals surface area contributed by atoms with Crippen molar-refractivity contribution in [2.24, 2.45) is 0 Å². The van der Waals surface area contributed by atoms with E-state index in [1.807, 2.05) is 73.7 Å². The van der Waals surface area contributed by atoms with E-state index in [4.69, 9.17) is 0 Å². The van der Waals surface area contributed by atoms with Gasteiger partial charge in [0.05, 0.1) is 17.8 Å². The molecule has 0 aromatic heterocycles. The van der Waals surface area contributed by atoms with Gasteiger partial charge in [-0.25, -0.2) is 0 Å². The summed E-state index contributed by atoms with van der Waals surface area (Å²) in [7, 11) is 0. The molecule has 2 aliphatic heterocycles. The van der Waals surface area contributed by atoms with E-state index in [1.54, 1.807) is 11.0 Å². The molecule has 3 aromatic carbocycles. The van der Waals surface area contributed by atoms with Crippen molar-refractivity contribution < 1.29 is 9.59 Å². The van der Waals surface area contributed by atoms with Gasteiger partial charge in [0.1, 0.15) is 0 Å². The Morgan fingerprint density at radius 2 is 1.57 bits per heavy atom. The molecular formula is C23H19N3O2. The number of amides is 2. The van der Waals surface area contributed by atoms with Crippen LogP contribution in [-0.2, 0) is 17.0 Å². The molecule has 5 heteroatoms. The van der Waals surface area contributed by atoms with Crippen molar-refractivity contribution >= 4 is 23.2 Å². The fourth-order valence-electron chi connectivity index (χ4n) is 3.99. The fraction of sp³-hybridized carbons (Fsp3) is 0.130. The van der Waals surface area contributed by atoms with E-state index in [-0.39, 0.29) is 11.8 Å². The number of carbonyl (C=O) groups is 2. The molecule has 2 amide bonds. The van der Waals surface area contributed by atoms with Crippen molar-refractivity contribution in [3.05, 3.63) is 95.1 Å². The lowest BCUT2D eigenvalue weighted by atomic mass is 9.96. The highest BCUT2D eigenvalue weighted by atomic mass is 16.2. The lowest BCUT2D eigenvalue weighted by Gasteiger charge is -2.36. The SMILES string of the molecule is Cc1ccc(CN2C(=O)C3(NC(=O)c4ccccc4N3)c3ccccc32)cc1. The monoisotopic (exact) mass is 369 g/mol. The van der Waals surface area contributed by atoms with E-state index >= 15 is 0 Å². The van der Waals surface area contributed by atoms with Gasteiger partial charge in [-0.2, -0.15) is 0 Å². The van der Waals surface area contributed by atoms with Crippen LogP contribution in [0.2, 0.25) is 0 Å². The van der Waals surface area contributed by atoms with Crippen molar-refractivity contribution in [2.75, 3.05) is 10.2 Å². The smallest absolute Gasteiger partial charge is 0.278 e. The second kappa shape index (κ2) is 5.96. The number of benzene rings is 3. The summed E-state index contributed by atoms with van der Waals surface area (Å²) >= 11 is 0. The first-order valence-corrected chi connectivity index (χ1v) is 9.25. The second-order valence-electron chi connectivity index (χ2n) is 7.27. The predicted molar refractivity (Wildman–Crippen MR) is 108 cm³/mol. The van der Waals surface area contributed by atoms with Gasteiger partial charge in [-0.05, 0) is 30.7 Å². The zero-order valence-electron chi connectivity index (χ0n) is 15.4. The minimum Gasteiger partial charge on any atom is -0.350 e. The second-order valence-corrected chi connectivity index (χ2v) is 7.27. The van der Waals surface area contributed by atoms with Crippen LogP contribution in [0.15, 0.2) is 72.8 Å². The highest BCUT2D eigenvalue weighted by molar-refractivity contribution is 6.15. The Kier molecular flexibility index (Phi) is 3.52. The standard InChI is InChI=1S/C23H19N3O2/c1-15-10-12-16(13-11-15)14-26-20-9-5-3-7-18(20)23(22(26)28)24-19-8-4-2-6-17(19)21(27)25-23/h2-13,24H,14H2,1H3,(H,25,27). The molecule has 0 saturated heterocycles. The number of hydrogen-bond donors (Lipinski definition) is 2. The Morgan fingerprint density at radius 3 is 2.39 bits per heavy atom. The van der Waals surface area contributed by atoms with Crippen LogP contribution in [0.5, 0.6) is 0 Å². The third-order valence-electron chi connectivity index (χ3n) is 5.42. The van der Waals surface area contributed by atoms with E-state index in [2.05, 4.69) is 10.6 Å². The van der Waals surface area contributed by atoms with Crippen molar-refractivity contribution in [2.45, 2.75) is 19.1 Å². The first-order valence-electron chi connectivity index (χ1n) is 9.25. The molecule has 2 aliphatic rings.